The zero-order valence-corrected chi connectivity index (χ0v) is 16.3. The van der Waals surface area contributed by atoms with Crippen molar-refractivity contribution in [2.45, 2.75) is 27.7 Å². The first-order valence-corrected chi connectivity index (χ1v) is 8.27. The normalized spacial score (nSPS) is 10.5. The molecule has 0 unspecified atom stereocenters. The molecule has 2 aromatic rings. The summed E-state index contributed by atoms with van der Waals surface area (Å²) in [4.78, 5) is 16.7. The number of nitrogens with one attached hydrogen (secondary N) is 1. The summed E-state index contributed by atoms with van der Waals surface area (Å²) in [5.41, 5.74) is 4.97. The molecular formula is C18H21BrN2O3. The molecule has 0 fully saturated rings. The van der Waals surface area contributed by atoms with Gasteiger partial charge in [0.15, 0.2) is 0 Å². The summed E-state index contributed by atoms with van der Waals surface area (Å²) in [6.07, 6.45) is 0. The van der Waals surface area contributed by atoms with Crippen LogP contribution in [0.2, 0.25) is 0 Å². The highest BCUT2D eigenvalue weighted by molar-refractivity contribution is 9.10. The Morgan fingerprint density at radius 3 is 2.38 bits per heavy atom. The fourth-order valence-electron chi connectivity index (χ4n) is 2.55. The molecule has 5 nitrogen and oxygen atoms in total. The van der Waals surface area contributed by atoms with E-state index in [4.69, 9.17) is 9.47 Å². The first kappa shape index (κ1) is 18.3. The number of hydrogen-bond donors (Lipinski definition) is 1. The fourth-order valence-corrected chi connectivity index (χ4v) is 3.20. The molecule has 0 aliphatic carbocycles. The molecule has 0 spiro atoms. The summed E-state index contributed by atoms with van der Waals surface area (Å²) in [7, 11) is 3.01. The lowest BCUT2D eigenvalue weighted by atomic mass is 10.1. The number of esters is 1. The third kappa shape index (κ3) is 3.24. The van der Waals surface area contributed by atoms with Crippen molar-refractivity contribution >= 4 is 33.4 Å². The molecule has 0 amide bonds. The van der Waals surface area contributed by atoms with Crippen molar-refractivity contribution in [3.05, 3.63) is 44.6 Å². The average Bonchev–Trinajstić information content (AvgIpc) is 2.56. The van der Waals surface area contributed by atoms with Gasteiger partial charge in [0.2, 0.25) is 0 Å². The molecule has 2 rings (SSSR count). The first-order chi connectivity index (χ1) is 11.3. The van der Waals surface area contributed by atoms with Gasteiger partial charge in [0.05, 0.1) is 24.3 Å². The van der Waals surface area contributed by atoms with Gasteiger partial charge in [0, 0.05) is 16.9 Å². The van der Waals surface area contributed by atoms with Crippen LogP contribution in [0.4, 0.5) is 11.5 Å². The van der Waals surface area contributed by atoms with Gasteiger partial charge in [-0.15, -0.1) is 0 Å². The van der Waals surface area contributed by atoms with E-state index >= 15 is 0 Å². The first-order valence-electron chi connectivity index (χ1n) is 7.48. The minimum atomic E-state index is -0.396. The molecule has 0 aliphatic heterocycles. The largest absolute Gasteiger partial charge is 0.496 e. The fraction of sp³-hybridized carbons (Fsp3) is 0.333. The quantitative estimate of drug-likeness (QED) is 0.769. The van der Waals surface area contributed by atoms with Crippen LogP contribution in [0.5, 0.6) is 5.75 Å². The van der Waals surface area contributed by atoms with Crippen molar-refractivity contribution in [1.82, 2.24) is 4.98 Å². The number of ether oxygens (including phenoxy) is 2. The van der Waals surface area contributed by atoms with Crippen LogP contribution in [0.3, 0.4) is 0 Å². The van der Waals surface area contributed by atoms with Crippen LogP contribution < -0.4 is 10.1 Å². The lowest BCUT2D eigenvalue weighted by Crippen LogP contribution is -2.11. The summed E-state index contributed by atoms with van der Waals surface area (Å²) in [6, 6.07) is 3.91. The van der Waals surface area contributed by atoms with Crippen LogP contribution in [0.25, 0.3) is 0 Å². The van der Waals surface area contributed by atoms with Crippen LogP contribution in [-0.2, 0) is 4.74 Å². The number of aryl methyl sites for hydroxylation is 2. The number of carbonyl (C=O) groups excluding carboxylic acids is 1. The molecule has 1 N–H and O–H groups in total. The van der Waals surface area contributed by atoms with Gasteiger partial charge < -0.3 is 14.8 Å². The molecule has 24 heavy (non-hydrogen) atoms. The van der Waals surface area contributed by atoms with Crippen LogP contribution in [0, 0.1) is 27.7 Å². The molecule has 0 radical (unpaired) electrons. The zero-order chi connectivity index (χ0) is 18.0. The smallest absolute Gasteiger partial charge is 0.339 e. The Kier molecular flexibility index (Phi) is 5.49. The molecule has 1 heterocycles. The Bertz CT molecular complexity index is 804. The number of methoxy groups -OCH3 is 2. The lowest BCUT2D eigenvalue weighted by Gasteiger charge is -2.18. The maximum atomic E-state index is 12.1. The molecule has 6 heteroatoms. The molecule has 0 saturated carbocycles. The maximum absolute atomic E-state index is 12.1. The van der Waals surface area contributed by atoms with Crippen molar-refractivity contribution < 1.29 is 14.3 Å². The SMILES string of the molecule is COC(=O)c1c(C)c(C)nc(Nc2c(C)ccc(OC)c2C)c1Br. The van der Waals surface area contributed by atoms with Gasteiger partial charge >= 0.3 is 5.97 Å². The second kappa shape index (κ2) is 7.21. The van der Waals surface area contributed by atoms with Crippen molar-refractivity contribution in [1.29, 1.82) is 0 Å². The lowest BCUT2D eigenvalue weighted by molar-refractivity contribution is 0.0598. The van der Waals surface area contributed by atoms with E-state index in [0.717, 1.165) is 33.8 Å². The van der Waals surface area contributed by atoms with Gasteiger partial charge in [-0.3, -0.25) is 0 Å². The number of hydrogen-bond acceptors (Lipinski definition) is 5. The Labute approximate surface area is 150 Å². The van der Waals surface area contributed by atoms with Crippen molar-refractivity contribution in [2.24, 2.45) is 0 Å². The number of nitrogens with zero attached hydrogens (tertiary/aromatic N) is 1. The monoisotopic (exact) mass is 392 g/mol. The maximum Gasteiger partial charge on any atom is 0.339 e. The number of aromatic nitrogens is 1. The highest BCUT2D eigenvalue weighted by atomic mass is 79.9. The number of carbonyl (C=O) groups is 1. The van der Waals surface area contributed by atoms with Crippen molar-refractivity contribution in [3.63, 3.8) is 0 Å². The summed E-state index contributed by atoms with van der Waals surface area (Å²) < 4.78 is 10.9. The topological polar surface area (TPSA) is 60.5 Å². The molecule has 1 aromatic heterocycles. The number of anilines is 2. The Balaban J connectivity index is 2.60. The highest BCUT2D eigenvalue weighted by Crippen LogP contribution is 2.35. The average molecular weight is 393 g/mol. The highest BCUT2D eigenvalue weighted by Gasteiger charge is 2.21. The van der Waals surface area contributed by atoms with Gasteiger partial charge in [0.1, 0.15) is 11.6 Å². The van der Waals surface area contributed by atoms with Gasteiger partial charge in [0.25, 0.3) is 0 Å². The van der Waals surface area contributed by atoms with E-state index < -0.39 is 5.97 Å². The van der Waals surface area contributed by atoms with Crippen molar-refractivity contribution in [2.75, 3.05) is 19.5 Å². The predicted octanol–water partition coefficient (Wildman–Crippen LogP) is 4.62. The van der Waals surface area contributed by atoms with E-state index in [1.54, 1.807) is 7.11 Å². The number of rotatable bonds is 4. The Morgan fingerprint density at radius 2 is 1.79 bits per heavy atom. The molecule has 0 saturated heterocycles. The zero-order valence-electron chi connectivity index (χ0n) is 14.7. The number of halogens is 1. The van der Waals surface area contributed by atoms with E-state index in [1.165, 1.54) is 7.11 Å². The van der Waals surface area contributed by atoms with Crippen molar-refractivity contribution in [3.8, 4) is 5.75 Å². The summed E-state index contributed by atoms with van der Waals surface area (Å²) in [5.74, 6) is 0.959. The molecule has 128 valence electrons. The van der Waals surface area contributed by atoms with E-state index in [-0.39, 0.29) is 0 Å². The van der Waals surface area contributed by atoms with E-state index in [9.17, 15) is 4.79 Å². The van der Waals surface area contributed by atoms with E-state index in [2.05, 4.69) is 26.2 Å². The predicted molar refractivity (Wildman–Crippen MR) is 98.5 cm³/mol. The summed E-state index contributed by atoms with van der Waals surface area (Å²) in [5, 5.41) is 3.33. The van der Waals surface area contributed by atoms with Gasteiger partial charge in [-0.25, -0.2) is 9.78 Å². The molecule has 0 atom stereocenters. The van der Waals surface area contributed by atoms with E-state index in [1.807, 2.05) is 39.8 Å². The van der Waals surface area contributed by atoms with Crippen LogP contribution >= 0.6 is 15.9 Å². The molecule has 1 aromatic carbocycles. The van der Waals surface area contributed by atoms with Crippen LogP contribution in [0.15, 0.2) is 16.6 Å². The second-order valence-corrected chi connectivity index (χ2v) is 6.35. The standard InChI is InChI=1S/C18H21BrN2O3/c1-9-7-8-13(23-5)11(3)16(9)21-17-15(19)14(18(22)24-6)10(2)12(4)20-17/h7-8H,1-6H3,(H,20,21). The van der Waals surface area contributed by atoms with Gasteiger partial charge in [-0.1, -0.05) is 6.07 Å². The minimum Gasteiger partial charge on any atom is -0.496 e. The van der Waals surface area contributed by atoms with Gasteiger partial charge in [-0.05, 0) is 60.8 Å². The summed E-state index contributed by atoms with van der Waals surface area (Å²) >= 11 is 3.49. The molecule has 0 aliphatic rings. The molecule has 0 bridgehead atoms. The number of benzene rings is 1. The Hall–Kier alpha value is -2.08. The van der Waals surface area contributed by atoms with Gasteiger partial charge in [-0.2, -0.15) is 0 Å². The third-order valence-corrected chi connectivity index (χ3v) is 4.87. The van der Waals surface area contributed by atoms with Crippen LogP contribution in [-0.4, -0.2) is 25.2 Å². The second-order valence-electron chi connectivity index (χ2n) is 5.56. The third-order valence-electron chi connectivity index (χ3n) is 4.10. The molecular weight excluding hydrogens is 372 g/mol. The minimum absolute atomic E-state index is 0.396. The Morgan fingerprint density at radius 1 is 1.12 bits per heavy atom. The van der Waals surface area contributed by atoms with Crippen LogP contribution in [0.1, 0.15) is 32.7 Å². The number of pyridine rings is 1. The summed E-state index contributed by atoms with van der Waals surface area (Å²) in [6.45, 7) is 7.70. The van der Waals surface area contributed by atoms with E-state index in [0.29, 0.717) is 15.9 Å².